The molecule has 5 nitrogen and oxygen atoms in total. The zero-order valence-corrected chi connectivity index (χ0v) is 16.1. The number of carbonyl (C=O) groups excluding carboxylic acids is 1. The van der Waals surface area contributed by atoms with Gasteiger partial charge in [0.05, 0.1) is 6.10 Å². The third-order valence-corrected chi connectivity index (χ3v) is 4.98. The van der Waals surface area contributed by atoms with Gasteiger partial charge >= 0.3 is 6.03 Å². The molecule has 0 bridgehead atoms. The summed E-state index contributed by atoms with van der Waals surface area (Å²) in [5, 5.41) is 6.01. The average Bonchev–Trinajstić information content (AvgIpc) is 2.58. The molecule has 2 N–H and O–H groups in total. The van der Waals surface area contributed by atoms with Crippen molar-refractivity contribution in [2.24, 2.45) is 0 Å². The van der Waals surface area contributed by atoms with Crippen LogP contribution in [0.1, 0.15) is 36.5 Å². The monoisotopic (exact) mass is 347 g/mol. The maximum atomic E-state index is 12.1. The van der Waals surface area contributed by atoms with Gasteiger partial charge in [0.25, 0.3) is 0 Å². The summed E-state index contributed by atoms with van der Waals surface area (Å²) < 4.78 is 5.38. The van der Waals surface area contributed by atoms with E-state index in [1.165, 1.54) is 16.7 Å². The first-order valence-electron chi connectivity index (χ1n) is 9.33. The maximum Gasteiger partial charge on any atom is 0.315 e. The van der Waals surface area contributed by atoms with Crippen LogP contribution in [0.5, 0.6) is 0 Å². The zero-order valence-electron chi connectivity index (χ0n) is 16.1. The number of benzene rings is 1. The van der Waals surface area contributed by atoms with Crippen LogP contribution in [0.25, 0.3) is 0 Å². The Morgan fingerprint density at radius 1 is 1.32 bits per heavy atom. The van der Waals surface area contributed by atoms with E-state index in [2.05, 4.69) is 54.5 Å². The smallest absolute Gasteiger partial charge is 0.315 e. The molecule has 0 unspecified atom stereocenters. The summed E-state index contributed by atoms with van der Waals surface area (Å²) in [6.45, 7) is 9.95. The Labute approximate surface area is 152 Å². The summed E-state index contributed by atoms with van der Waals surface area (Å²) in [7, 11) is 1.78. The van der Waals surface area contributed by atoms with Crippen molar-refractivity contribution in [3.8, 4) is 0 Å². The summed E-state index contributed by atoms with van der Waals surface area (Å²) in [6.07, 6.45) is 3.41. The van der Waals surface area contributed by atoms with Crippen molar-refractivity contribution in [2.75, 3.05) is 33.3 Å². The third-order valence-electron chi connectivity index (χ3n) is 4.98. The third kappa shape index (κ3) is 6.67. The highest BCUT2D eigenvalue weighted by Crippen LogP contribution is 2.13. The lowest BCUT2D eigenvalue weighted by Gasteiger charge is -2.31. The number of aryl methyl sites for hydroxylation is 2. The van der Waals surface area contributed by atoms with Crippen LogP contribution >= 0.6 is 0 Å². The number of hydrogen-bond acceptors (Lipinski definition) is 3. The summed E-state index contributed by atoms with van der Waals surface area (Å²) in [5.41, 5.74) is 3.85. The highest BCUT2D eigenvalue weighted by Gasteiger charge is 2.18. The fraction of sp³-hybridized carbons (Fsp3) is 0.650. The van der Waals surface area contributed by atoms with E-state index in [-0.39, 0.29) is 12.1 Å². The van der Waals surface area contributed by atoms with E-state index in [1.54, 1.807) is 7.11 Å². The molecule has 0 radical (unpaired) electrons. The van der Waals surface area contributed by atoms with Gasteiger partial charge in [-0.05, 0) is 51.2 Å². The van der Waals surface area contributed by atoms with Crippen molar-refractivity contribution in [3.05, 3.63) is 34.9 Å². The summed E-state index contributed by atoms with van der Waals surface area (Å²) in [5.74, 6) is 0. The van der Waals surface area contributed by atoms with Crippen molar-refractivity contribution < 1.29 is 9.53 Å². The zero-order chi connectivity index (χ0) is 18.2. The molecular weight excluding hydrogens is 314 g/mol. The van der Waals surface area contributed by atoms with Gasteiger partial charge in [-0.3, -0.25) is 0 Å². The molecule has 25 heavy (non-hydrogen) atoms. The van der Waals surface area contributed by atoms with Crippen molar-refractivity contribution in [1.29, 1.82) is 0 Å². The van der Waals surface area contributed by atoms with Gasteiger partial charge in [0, 0.05) is 39.3 Å². The van der Waals surface area contributed by atoms with Gasteiger partial charge in [-0.15, -0.1) is 0 Å². The molecule has 140 valence electrons. The molecule has 0 aromatic heterocycles. The Bertz CT molecular complexity index is 554. The Hall–Kier alpha value is -1.59. The summed E-state index contributed by atoms with van der Waals surface area (Å²) in [4.78, 5) is 14.4. The molecular formula is C20H33N3O2. The van der Waals surface area contributed by atoms with E-state index in [1.807, 2.05) is 0 Å². The van der Waals surface area contributed by atoms with Crippen LogP contribution in [0.15, 0.2) is 18.2 Å². The Balaban J connectivity index is 1.64. The molecule has 1 aliphatic heterocycles. The number of nitrogens with zero attached hydrogens (tertiary/aromatic N) is 1. The number of amides is 2. The lowest BCUT2D eigenvalue weighted by atomic mass is 10.00. The highest BCUT2D eigenvalue weighted by molar-refractivity contribution is 5.74. The quantitative estimate of drug-likeness (QED) is 0.797. The molecule has 1 heterocycles. The van der Waals surface area contributed by atoms with Gasteiger partial charge in [-0.2, -0.15) is 0 Å². The van der Waals surface area contributed by atoms with Gasteiger partial charge in [-0.25, -0.2) is 4.79 Å². The first-order valence-corrected chi connectivity index (χ1v) is 9.33. The maximum absolute atomic E-state index is 12.1. The first-order chi connectivity index (χ1) is 12.0. The van der Waals surface area contributed by atoms with Crippen LogP contribution < -0.4 is 10.6 Å². The topological polar surface area (TPSA) is 53.6 Å². The van der Waals surface area contributed by atoms with Crippen LogP contribution in [0.3, 0.4) is 0 Å². The number of carbonyl (C=O) groups is 1. The standard InChI is InChI=1S/C20H33N3O2/c1-15-5-6-18(16(2)13-15)14-17(3)22-20(24)21-9-12-23-10-7-19(25-4)8-11-23/h5-6,13,17,19H,7-12,14H2,1-4H3,(H2,21,22,24)/t17-/m1/s1. The lowest BCUT2D eigenvalue weighted by molar-refractivity contribution is 0.0416. The molecule has 1 aliphatic rings. The Morgan fingerprint density at radius 2 is 2.04 bits per heavy atom. The molecule has 0 aliphatic carbocycles. The summed E-state index contributed by atoms with van der Waals surface area (Å²) >= 11 is 0. The normalized spacial score (nSPS) is 17.3. The van der Waals surface area contributed by atoms with Gasteiger partial charge in [-0.1, -0.05) is 23.8 Å². The minimum Gasteiger partial charge on any atom is -0.381 e. The number of likely N-dealkylation sites (tertiary alicyclic amines) is 1. The summed E-state index contributed by atoms with van der Waals surface area (Å²) in [6, 6.07) is 6.50. The number of urea groups is 1. The fourth-order valence-corrected chi connectivity index (χ4v) is 3.43. The number of ether oxygens (including phenoxy) is 1. The van der Waals surface area contributed by atoms with E-state index >= 15 is 0 Å². The van der Waals surface area contributed by atoms with Crippen LogP contribution in [-0.4, -0.2) is 56.4 Å². The Morgan fingerprint density at radius 3 is 2.68 bits per heavy atom. The molecule has 1 saturated heterocycles. The van der Waals surface area contributed by atoms with E-state index in [4.69, 9.17) is 4.74 Å². The largest absolute Gasteiger partial charge is 0.381 e. The molecule has 1 aromatic carbocycles. The van der Waals surface area contributed by atoms with Crippen LogP contribution in [0.2, 0.25) is 0 Å². The van der Waals surface area contributed by atoms with E-state index in [9.17, 15) is 4.79 Å². The van der Waals surface area contributed by atoms with Gasteiger partial charge in [0.15, 0.2) is 0 Å². The SMILES string of the molecule is COC1CCN(CCNC(=O)N[C@H](C)Cc2ccc(C)cc2C)CC1. The number of nitrogens with one attached hydrogen (secondary N) is 2. The molecule has 1 aromatic rings. The molecule has 2 amide bonds. The second-order valence-corrected chi connectivity index (χ2v) is 7.21. The molecule has 5 heteroatoms. The number of hydrogen-bond donors (Lipinski definition) is 2. The minimum atomic E-state index is -0.0796. The fourth-order valence-electron chi connectivity index (χ4n) is 3.43. The second kappa shape index (κ2) is 9.78. The number of rotatable bonds is 7. The van der Waals surface area contributed by atoms with Gasteiger partial charge in [0.1, 0.15) is 0 Å². The molecule has 1 fully saturated rings. The second-order valence-electron chi connectivity index (χ2n) is 7.21. The molecule has 2 rings (SSSR count). The van der Waals surface area contributed by atoms with E-state index < -0.39 is 0 Å². The molecule has 0 saturated carbocycles. The first kappa shape index (κ1) is 19.7. The van der Waals surface area contributed by atoms with Crippen molar-refractivity contribution in [2.45, 2.75) is 52.2 Å². The van der Waals surface area contributed by atoms with Gasteiger partial charge in [0.2, 0.25) is 0 Å². The molecule has 1 atom stereocenters. The van der Waals surface area contributed by atoms with Crippen molar-refractivity contribution >= 4 is 6.03 Å². The predicted molar refractivity (Wildman–Crippen MR) is 102 cm³/mol. The predicted octanol–water partition coefficient (Wildman–Crippen LogP) is 2.64. The van der Waals surface area contributed by atoms with E-state index in [0.717, 1.165) is 38.9 Å². The Kier molecular flexibility index (Phi) is 7.72. The van der Waals surface area contributed by atoms with Crippen LogP contribution in [-0.2, 0) is 11.2 Å². The van der Waals surface area contributed by atoms with Crippen LogP contribution in [0.4, 0.5) is 4.79 Å². The average molecular weight is 348 g/mol. The number of methoxy groups -OCH3 is 1. The minimum absolute atomic E-state index is 0.0796. The van der Waals surface area contributed by atoms with Crippen LogP contribution in [0, 0.1) is 13.8 Å². The van der Waals surface area contributed by atoms with Crippen molar-refractivity contribution in [1.82, 2.24) is 15.5 Å². The number of piperidine rings is 1. The molecule has 0 spiro atoms. The van der Waals surface area contributed by atoms with Gasteiger partial charge < -0.3 is 20.3 Å². The highest BCUT2D eigenvalue weighted by atomic mass is 16.5. The lowest BCUT2D eigenvalue weighted by Crippen LogP contribution is -2.45. The van der Waals surface area contributed by atoms with Crippen molar-refractivity contribution in [3.63, 3.8) is 0 Å². The van der Waals surface area contributed by atoms with E-state index in [0.29, 0.717) is 12.6 Å².